The van der Waals surface area contributed by atoms with E-state index in [9.17, 15) is 4.79 Å². The minimum absolute atomic E-state index is 0.0643. The number of Topliss-reactive ketones (excluding diaryl/α,β-unsaturated/α-hetero) is 1. The lowest BCUT2D eigenvalue weighted by atomic mass is 10.2. The molecule has 0 heterocycles. The summed E-state index contributed by atoms with van der Waals surface area (Å²) in [7, 11) is 0. The van der Waals surface area contributed by atoms with Gasteiger partial charge in [-0.25, -0.2) is 0 Å². The summed E-state index contributed by atoms with van der Waals surface area (Å²) in [5.41, 5.74) is 0. The number of ketones is 1. The minimum Gasteiger partial charge on any atom is -0.346 e. The van der Waals surface area contributed by atoms with Crippen molar-refractivity contribution in [2.75, 3.05) is 13.2 Å². The summed E-state index contributed by atoms with van der Waals surface area (Å²) in [5.74, 6) is 0.0643. The van der Waals surface area contributed by atoms with Crippen molar-refractivity contribution in [1.29, 1.82) is 0 Å². The summed E-state index contributed by atoms with van der Waals surface area (Å²) >= 11 is 0. The smallest absolute Gasteiger partial charge is 0.217 e. The van der Waals surface area contributed by atoms with Crippen LogP contribution in [0.4, 0.5) is 0 Å². The number of hydrogen-bond donors (Lipinski definition) is 0. The molecule has 3 nitrogen and oxygen atoms in total. The highest BCUT2D eigenvalue weighted by molar-refractivity contribution is 5.81. The highest BCUT2D eigenvalue weighted by atomic mass is 16.7. The topological polar surface area (TPSA) is 35.5 Å². The van der Waals surface area contributed by atoms with E-state index >= 15 is 0 Å². The van der Waals surface area contributed by atoms with Gasteiger partial charge >= 0.3 is 0 Å². The predicted octanol–water partition coefficient (Wildman–Crippen LogP) is 2.53. The fraction of sp³-hybridized carbons (Fsp3) is 0.909. The quantitative estimate of drug-likeness (QED) is 0.539. The Kier molecular flexibility index (Phi) is 8.89. The maximum atomic E-state index is 11.5. The molecule has 0 atom stereocenters. The van der Waals surface area contributed by atoms with E-state index in [1.807, 2.05) is 20.8 Å². The van der Waals surface area contributed by atoms with Crippen molar-refractivity contribution in [2.24, 2.45) is 0 Å². The zero-order valence-electron chi connectivity index (χ0n) is 9.54. The van der Waals surface area contributed by atoms with E-state index in [1.54, 1.807) is 0 Å². The van der Waals surface area contributed by atoms with Crippen molar-refractivity contribution in [1.82, 2.24) is 0 Å². The molecular formula is C11H22O3. The van der Waals surface area contributed by atoms with Gasteiger partial charge in [0.25, 0.3) is 0 Å². The summed E-state index contributed by atoms with van der Waals surface area (Å²) in [5, 5.41) is 0. The summed E-state index contributed by atoms with van der Waals surface area (Å²) in [6, 6.07) is 0. The normalized spacial score (nSPS) is 10.9. The fourth-order valence-electron chi connectivity index (χ4n) is 1.05. The molecule has 0 fully saturated rings. The number of ether oxygens (including phenoxy) is 2. The van der Waals surface area contributed by atoms with Crippen LogP contribution >= 0.6 is 0 Å². The average molecular weight is 202 g/mol. The molecule has 0 aliphatic heterocycles. The van der Waals surface area contributed by atoms with Crippen LogP contribution in [0.5, 0.6) is 0 Å². The first-order valence-electron chi connectivity index (χ1n) is 5.52. The van der Waals surface area contributed by atoms with E-state index in [4.69, 9.17) is 9.47 Å². The fourth-order valence-corrected chi connectivity index (χ4v) is 1.05. The van der Waals surface area contributed by atoms with Crippen molar-refractivity contribution < 1.29 is 14.3 Å². The van der Waals surface area contributed by atoms with Crippen LogP contribution in [0.3, 0.4) is 0 Å². The Balaban J connectivity index is 3.88. The predicted molar refractivity (Wildman–Crippen MR) is 56.2 cm³/mol. The SMILES string of the molecule is CCCOC(OCCC)C(=O)CCC. The van der Waals surface area contributed by atoms with Crippen molar-refractivity contribution in [3.63, 3.8) is 0 Å². The number of rotatable bonds is 9. The molecule has 14 heavy (non-hydrogen) atoms. The molecule has 84 valence electrons. The molecule has 0 N–H and O–H groups in total. The van der Waals surface area contributed by atoms with Gasteiger partial charge in [-0.3, -0.25) is 4.79 Å². The molecule has 0 aromatic carbocycles. The van der Waals surface area contributed by atoms with E-state index in [0.29, 0.717) is 19.6 Å². The Morgan fingerprint density at radius 3 is 1.86 bits per heavy atom. The first-order chi connectivity index (χ1) is 6.76. The van der Waals surface area contributed by atoms with E-state index in [2.05, 4.69) is 0 Å². The Morgan fingerprint density at radius 1 is 1.00 bits per heavy atom. The summed E-state index contributed by atoms with van der Waals surface area (Å²) in [6.45, 7) is 7.19. The zero-order valence-corrected chi connectivity index (χ0v) is 9.54. The molecule has 0 bridgehead atoms. The Bertz CT molecular complexity index is 137. The maximum Gasteiger partial charge on any atom is 0.217 e. The molecule has 0 aromatic heterocycles. The molecule has 0 saturated carbocycles. The largest absolute Gasteiger partial charge is 0.346 e. The summed E-state index contributed by atoms with van der Waals surface area (Å²) in [4.78, 5) is 11.5. The van der Waals surface area contributed by atoms with E-state index < -0.39 is 6.29 Å². The van der Waals surface area contributed by atoms with Gasteiger partial charge in [0, 0.05) is 19.6 Å². The summed E-state index contributed by atoms with van der Waals surface area (Å²) in [6.07, 6.45) is 2.57. The molecule has 0 spiro atoms. The molecule has 0 rings (SSSR count). The Labute approximate surface area is 86.8 Å². The average Bonchev–Trinajstić information content (AvgIpc) is 2.18. The second kappa shape index (κ2) is 9.16. The van der Waals surface area contributed by atoms with Crippen LogP contribution in [0.1, 0.15) is 46.5 Å². The van der Waals surface area contributed by atoms with Crippen LogP contribution in [0.2, 0.25) is 0 Å². The van der Waals surface area contributed by atoms with Crippen LogP contribution in [-0.4, -0.2) is 25.3 Å². The van der Waals surface area contributed by atoms with Crippen LogP contribution in [0.15, 0.2) is 0 Å². The van der Waals surface area contributed by atoms with Gasteiger partial charge in [0.2, 0.25) is 6.29 Å². The van der Waals surface area contributed by atoms with Crippen LogP contribution in [0, 0.1) is 0 Å². The van der Waals surface area contributed by atoms with Gasteiger partial charge in [-0.05, 0) is 19.3 Å². The van der Waals surface area contributed by atoms with Gasteiger partial charge in [-0.1, -0.05) is 20.8 Å². The molecular weight excluding hydrogens is 180 g/mol. The van der Waals surface area contributed by atoms with E-state index in [0.717, 1.165) is 19.3 Å². The second-order valence-electron chi connectivity index (χ2n) is 3.29. The van der Waals surface area contributed by atoms with Crippen molar-refractivity contribution in [2.45, 2.75) is 52.7 Å². The van der Waals surface area contributed by atoms with Crippen molar-refractivity contribution in [3.8, 4) is 0 Å². The van der Waals surface area contributed by atoms with Gasteiger partial charge in [0.1, 0.15) is 0 Å². The van der Waals surface area contributed by atoms with Crippen LogP contribution in [-0.2, 0) is 14.3 Å². The molecule has 0 aliphatic carbocycles. The molecule has 0 radical (unpaired) electrons. The van der Waals surface area contributed by atoms with Gasteiger partial charge in [0.05, 0.1) is 0 Å². The Hall–Kier alpha value is -0.410. The summed E-state index contributed by atoms with van der Waals surface area (Å²) < 4.78 is 10.7. The third kappa shape index (κ3) is 6.11. The second-order valence-corrected chi connectivity index (χ2v) is 3.29. The van der Waals surface area contributed by atoms with E-state index in [-0.39, 0.29) is 5.78 Å². The molecule has 0 aromatic rings. The van der Waals surface area contributed by atoms with Crippen LogP contribution in [0.25, 0.3) is 0 Å². The maximum absolute atomic E-state index is 11.5. The molecule has 0 amide bonds. The van der Waals surface area contributed by atoms with Crippen molar-refractivity contribution >= 4 is 5.78 Å². The van der Waals surface area contributed by atoms with Crippen molar-refractivity contribution in [3.05, 3.63) is 0 Å². The van der Waals surface area contributed by atoms with Gasteiger partial charge in [-0.2, -0.15) is 0 Å². The van der Waals surface area contributed by atoms with Gasteiger partial charge in [0.15, 0.2) is 5.78 Å². The third-order valence-corrected chi connectivity index (χ3v) is 1.71. The lowest BCUT2D eigenvalue weighted by Crippen LogP contribution is -2.28. The lowest BCUT2D eigenvalue weighted by Gasteiger charge is -2.16. The van der Waals surface area contributed by atoms with Gasteiger partial charge < -0.3 is 9.47 Å². The monoisotopic (exact) mass is 202 g/mol. The highest BCUT2D eigenvalue weighted by Crippen LogP contribution is 2.04. The zero-order chi connectivity index (χ0) is 10.8. The first-order valence-corrected chi connectivity index (χ1v) is 5.52. The molecule has 0 unspecified atom stereocenters. The Morgan fingerprint density at radius 2 is 1.50 bits per heavy atom. The number of carbonyl (C=O) groups excluding carboxylic acids is 1. The standard InChI is InChI=1S/C11H22O3/c1-4-7-10(12)11(13-8-5-2)14-9-6-3/h11H,4-9H2,1-3H3. The first kappa shape index (κ1) is 13.6. The van der Waals surface area contributed by atoms with Crippen LogP contribution < -0.4 is 0 Å². The number of carbonyl (C=O) groups is 1. The molecule has 0 aliphatic rings. The molecule has 0 saturated heterocycles. The highest BCUT2D eigenvalue weighted by Gasteiger charge is 2.17. The lowest BCUT2D eigenvalue weighted by molar-refractivity contribution is -0.170. The van der Waals surface area contributed by atoms with E-state index in [1.165, 1.54) is 0 Å². The minimum atomic E-state index is -0.630. The van der Waals surface area contributed by atoms with Gasteiger partial charge in [-0.15, -0.1) is 0 Å². The number of hydrogen-bond acceptors (Lipinski definition) is 3. The third-order valence-electron chi connectivity index (χ3n) is 1.71. The molecule has 3 heteroatoms.